The second kappa shape index (κ2) is 5.49. The zero-order valence-corrected chi connectivity index (χ0v) is 10.8. The van der Waals surface area contributed by atoms with Crippen LogP contribution in [-0.2, 0) is 6.42 Å². The van der Waals surface area contributed by atoms with Crippen LogP contribution in [0.25, 0.3) is 0 Å². The average molecular weight is 270 g/mol. The van der Waals surface area contributed by atoms with E-state index < -0.39 is 6.10 Å². The molecule has 90 valence electrons. The van der Waals surface area contributed by atoms with Crippen molar-refractivity contribution in [1.82, 2.24) is 4.98 Å². The quantitative estimate of drug-likeness (QED) is 0.928. The molecule has 1 atom stereocenters. The summed E-state index contributed by atoms with van der Waals surface area (Å²) in [6.45, 7) is 0. The van der Waals surface area contributed by atoms with Crippen LogP contribution in [0.5, 0.6) is 5.75 Å². The summed E-state index contributed by atoms with van der Waals surface area (Å²) in [5.74, 6) is 0.611. The molecular formula is C12H12ClNO2S. The number of aromatic nitrogens is 1. The van der Waals surface area contributed by atoms with Gasteiger partial charge in [-0.1, -0.05) is 17.7 Å². The lowest BCUT2D eigenvalue weighted by atomic mass is 10.1. The van der Waals surface area contributed by atoms with Gasteiger partial charge >= 0.3 is 0 Å². The van der Waals surface area contributed by atoms with Crippen molar-refractivity contribution < 1.29 is 9.84 Å². The van der Waals surface area contributed by atoms with Crippen LogP contribution in [0.15, 0.2) is 29.9 Å². The molecule has 17 heavy (non-hydrogen) atoms. The first-order valence-corrected chi connectivity index (χ1v) is 6.35. The Kier molecular flexibility index (Phi) is 3.99. The molecule has 5 heteroatoms. The van der Waals surface area contributed by atoms with E-state index in [4.69, 9.17) is 16.3 Å². The molecule has 0 radical (unpaired) electrons. The first-order valence-electron chi connectivity index (χ1n) is 5.09. The van der Waals surface area contributed by atoms with Gasteiger partial charge in [-0.25, -0.2) is 0 Å². The molecule has 0 saturated heterocycles. The van der Waals surface area contributed by atoms with Gasteiger partial charge in [0.15, 0.2) is 0 Å². The minimum Gasteiger partial charge on any atom is -0.495 e. The maximum absolute atomic E-state index is 10.1. The van der Waals surface area contributed by atoms with E-state index in [0.29, 0.717) is 17.2 Å². The SMILES string of the molecule is COc1ccc(C(O)Cc2cncs2)cc1Cl. The number of aliphatic hydroxyl groups excluding tert-OH is 1. The zero-order valence-electron chi connectivity index (χ0n) is 9.26. The molecule has 0 aliphatic heterocycles. The molecule has 0 amide bonds. The maximum Gasteiger partial charge on any atom is 0.137 e. The van der Waals surface area contributed by atoms with Crippen molar-refractivity contribution in [2.24, 2.45) is 0 Å². The van der Waals surface area contributed by atoms with Gasteiger partial charge in [0.1, 0.15) is 5.75 Å². The fraction of sp³-hybridized carbons (Fsp3) is 0.250. The summed E-state index contributed by atoms with van der Waals surface area (Å²) in [6.07, 6.45) is 1.74. The summed E-state index contributed by atoms with van der Waals surface area (Å²) in [6, 6.07) is 5.30. The first kappa shape index (κ1) is 12.4. The normalized spacial score (nSPS) is 12.4. The Morgan fingerprint density at radius 1 is 1.53 bits per heavy atom. The molecule has 1 aromatic carbocycles. The minimum atomic E-state index is -0.571. The number of thiazole rings is 1. The third kappa shape index (κ3) is 2.97. The Labute approximate surface area is 109 Å². The van der Waals surface area contributed by atoms with Gasteiger partial charge in [-0.05, 0) is 17.7 Å². The molecular weight excluding hydrogens is 258 g/mol. The Bertz CT molecular complexity index is 487. The van der Waals surface area contributed by atoms with Crippen molar-refractivity contribution in [1.29, 1.82) is 0 Å². The Morgan fingerprint density at radius 3 is 2.94 bits per heavy atom. The number of ether oxygens (including phenoxy) is 1. The molecule has 2 rings (SSSR count). The fourth-order valence-electron chi connectivity index (χ4n) is 1.54. The number of aliphatic hydroxyl groups is 1. The fourth-order valence-corrected chi connectivity index (χ4v) is 2.44. The van der Waals surface area contributed by atoms with Gasteiger partial charge < -0.3 is 9.84 Å². The van der Waals surface area contributed by atoms with Gasteiger partial charge in [-0.2, -0.15) is 0 Å². The van der Waals surface area contributed by atoms with E-state index in [1.54, 1.807) is 30.9 Å². The molecule has 0 spiro atoms. The van der Waals surface area contributed by atoms with Crippen LogP contribution in [0.2, 0.25) is 5.02 Å². The number of hydrogen-bond acceptors (Lipinski definition) is 4. The highest BCUT2D eigenvalue weighted by Gasteiger charge is 2.11. The van der Waals surface area contributed by atoms with Crippen molar-refractivity contribution in [3.05, 3.63) is 45.4 Å². The van der Waals surface area contributed by atoms with Crippen LogP contribution in [0.3, 0.4) is 0 Å². The third-order valence-electron chi connectivity index (χ3n) is 2.44. The predicted octanol–water partition coefficient (Wildman–Crippen LogP) is 3.08. The highest BCUT2D eigenvalue weighted by atomic mass is 35.5. The van der Waals surface area contributed by atoms with Crippen LogP contribution < -0.4 is 4.74 Å². The van der Waals surface area contributed by atoms with Crippen molar-refractivity contribution in [3.8, 4) is 5.75 Å². The average Bonchev–Trinajstić information content (AvgIpc) is 2.81. The largest absolute Gasteiger partial charge is 0.495 e. The van der Waals surface area contributed by atoms with Crippen molar-refractivity contribution in [2.75, 3.05) is 7.11 Å². The van der Waals surface area contributed by atoms with E-state index in [2.05, 4.69) is 4.98 Å². The standard InChI is InChI=1S/C12H12ClNO2S/c1-16-12-3-2-8(4-10(12)13)11(15)5-9-6-14-7-17-9/h2-4,6-7,11,15H,5H2,1H3. The molecule has 1 unspecified atom stereocenters. The van der Waals surface area contributed by atoms with Crippen molar-refractivity contribution >= 4 is 22.9 Å². The zero-order chi connectivity index (χ0) is 12.3. The van der Waals surface area contributed by atoms with E-state index in [-0.39, 0.29) is 0 Å². The Hall–Kier alpha value is -1.10. The summed E-state index contributed by atoms with van der Waals surface area (Å²) < 4.78 is 5.06. The predicted molar refractivity (Wildman–Crippen MR) is 68.8 cm³/mol. The lowest BCUT2D eigenvalue weighted by molar-refractivity contribution is 0.179. The Balaban J connectivity index is 2.14. The van der Waals surface area contributed by atoms with Gasteiger partial charge in [-0.15, -0.1) is 11.3 Å². The van der Waals surface area contributed by atoms with Gasteiger partial charge in [0.2, 0.25) is 0 Å². The highest BCUT2D eigenvalue weighted by molar-refractivity contribution is 7.09. The molecule has 0 bridgehead atoms. The number of halogens is 1. The number of nitrogens with zero attached hydrogens (tertiary/aromatic N) is 1. The van der Waals surface area contributed by atoms with E-state index in [1.165, 1.54) is 11.3 Å². The summed E-state index contributed by atoms with van der Waals surface area (Å²) in [5, 5.41) is 10.6. The number of methoxy groups -OCH3 is 1. The molecule has 0 aliphatic rings. The summed E-state index contributed by atoms with van der Waals surface area (Å²) >= 11 is 7.54. The van der Waals surface area contributed by atoms with E-state index in [0.717, 1.165) is 10.4 Å². The molecule has 0 aliphatic carbocycles. The van der Waals surface area contributed by atoms with Gasteiger partial charge in [0, 0.05) is 17.5 Å². The third-order valence-corrected chi connectivity index (χ3v) is 3.54. The monoisotopic (exact) mass is 269 g/mol. The summed E-state index contributed by atoms with van der Waals surface area (Å²) in [7, 11) is 1.56. The van der Waals surface area contributed by atoms with Crippen LogP contribution in [-0.4, -0.2) is 17.2 Å². The van der Waals surface area contributed by atoms with Crippen molar-refractivity contribution in [3.63, 3.8) is 0 Å². The van der Waals surface area contributed by atoms with Gasteiger partial charge in [-0.3, -0.25) is 4.98 Å². The van der Waals surface area contributed by atoms with E-state index in [9.17, 15) is 5.11 Å². The maximum atomic E-state index is 10.1. The van der Waals surface area contributed by atoms with Gasteiger partial charge in [0.25, 0.3) is 0 Å². The number of benzene rings is 1. The Morgan fingerprint density at radius 2 is 2.35 bits per heavy atom. The topological polar surface area (TPSA) is 42.4 Å². The van der Waals surface area contributed by atoms with E-state index in [1.807, 2.05) is 6.07 Å². The summed E-state index contributed by atoms with van der Waals surface area (Å²) in [5.41, 5.74) is 2.53. The van der Waals surface area contributed by atoms with Crippen LogP contribution in [0, 0.1) is 0 Å². The smallest absolute Gasteiger partial charge is 0.137 e. The molecule has 1 aromatic heterocycles. The lowest BCUT2D eigenvalue weighted by Crippen LogP contribution is -2.00. The molecule has 2 aromatic rings. The highest BCUT2D eigenvalue weighted by Crippen LogP contribution is 2.29. The van der Waals surface area contributed by atoms with Crippen LogP contribution in [0.4, 0.5) is 0 Å². The molecule has 0 saturated carbocycles. The van der Waals surface area contributed by atoms with Crippen molar-refractivity contribution in [2.45, 2.75) is 12.5 Å². The molecule has 1 N–H and O–H groups in total. The number of rotatable bonds is 4. The molecule has 3 nitrogen and oxygen atoms in total. The lowest BCUT2D eigenvalue weighted by Gasteiger charge is -2.11. The molecule has 1 heterocycles. The van der Waals surface area contributed by atoms with Crippen LogP contribution >= 0.6 is 22.9 Å². The summed E-state index contributed by atoms with van der Waals surface area (Å²) in [4.78, 5) is 5.02. The second-order valence-electron chi connectivity index (χ2n) is 3.58. The molecule has 0 fully saturated rings. The minimum absolute atomic E-state index is 0.508. The second-order valence-corrected chi connectivity index (χ2v) is 4.96. The van der Waals surface area contributed by atoms with Crippen LogP contribution in [0.1, 0.15) is 16.5 Å². The van der Waals surface area contributed by atoms with Gasteiger partial charge in [0.05, 0.1) is 23.7 Å². The van der Waals surface area contributed by atoms with E-state index >= 15 is 0 Å². The number of hydrogen-bond donors (Lipinski definition) is 1. The first-order chi connectivity index (χ1) is 8.20.